The highest BCUT2D eigenvalue weighted by Crippen LogP contribution is 2.40. The fraction of sp³-hybridized carbons (Fsp3) is 0. The van der Waals surface area contributed by atoms with Crippen molar-refractivity contribution in [2.24, 2.45) is 0 Å². The molecule has 0 radical (unpaired) electrons. The smallest absolute Gasteiger partial charge is 0.299 e. The van der Waals surface area contributed by atoms with E-state index in [1.54, 1.807) is 24.3 Å². The number of nitrogens with one attached hydrogen (secondary N) is 2. The summed E-state index contributed by atoms with van der Waals surface area (Å²) in [7, 11) is 0. The number of aromatic hydroxyl groups is 2. The molecule has 28 heavy (non-hydrogen) atoms. The molecule has 0 saturated carbocycles. The van der Waals surface area contributed by atoms with Crippen LogP contribution in [0.2, 0.25) is 0 Å². The van der Waals surface area contributed by atoms with Gasteiger partial charge in [-0.15, -0.1) is 0 Å². The van der Waals surface area contributed by atoms with Gasteiger partial charge in [0.1, 0.15) is 22.9 Å². The maximum Gasteiger partial charge on any atom is 0.299 e. The Hall–Kier alpha value is -4.34. The van der Waals surface area contributed by atoms with Crippen molar-refractivity contribution in [3.63, 3.8) is 0 Å². The second-order valence-corrected chi connectivity index (χ2v) is 5.69. The second kappa shape index (κ2) is 7.50. The molecule has 0 bridgehead atoms. The number of rotatable bonds is 6. The molecule has 0 aliphatic heterocycles. The molecule has 3 aromatic rings. The van der Waals surface area contributed by atoms with Crippen LogP contribution in [0.5, 0.6) is 11.5 Å². The lowest BCUT2D eigenvalue weighted by Gasteiger charge is -2.13. The fourth-order valence-electron chi connectivity index (χ4n) is 2.53. The molecule has 0 aliphatic carbocycles. The SMILES string of the molecule is O=[N+]([O-])c1cc([N+](=O)[O-])c(Nc2ccccc2O)cc1Nc1ccccc1O. The molecule has 10 heteroatoms. The zero-order valence-electron chi connectivity index (χ0n) is 14.2. The first-order chi connectivity index (χ1) is 13.4. The maximum absolute atomic E-state index is 11.4. The number of nitrogens with zero attached hydrogens (tertiary/aromatic N) is 2. The zero-order chi connectivity index (χ0) is 20.3. The van der Waals surface area contributed by atoms with E-state index >= 15 is 0 Å². The molecule has 3 aromatic carbocycles. The Morgan fingerprint density at radius 2 is 1.04 bits per heavy atom. The Kier molecular flexibility index (Phi) is 4.94. The molecular formula is C18H14N4O6. The minimum Gasteiger partial charge on any atom is -0.506 e. The minimum absolute atomic E-state index is 0.0741. The summed E-state index contributed by atoms with van der Waals surface area (Å²) in [6.07, 6.45) is 0. The summed E-state index contributed by atoms with van der Waals surface area (Å²) in [6, 6.07) is 14.1. The average molecular weight is 382 g/mol. The molecule has 0 saturated heterocycles. The minimum atomic E-state index is -0.765. The van der Waals surface area contributed by atoms with Gasteiger partial charge in [-0.05, 0) is 30.3 Å². The van der Waals surface area contributed by atoms with Crippen LogP contribution in [-0.4, -0.2) is 20.1 Å². The van der Waals surface area contributed by atoms with Gasteiger partial charge in [0.05, 0.1) is 27.3 Å². The maximum atomic E-state index is 11.4. The normalized spacial score (nSPS) is 10.3. The molecule has 0 amide bonds. The molecule has 4 N–H and O–H groups in total. The Bertz CT molecular complexity index is 989. The summed E-state index contributed by atoms with van der Waals surface area (Å²) in [6.45, 7) is 0. The van der Waals surface area contributed by atoms with Crippen LogP contribution in [0.3, 0.4) is 0 Å². The topological polar surface area (TPSA) is 151 Å². The zero-order valence-corrected chi connectivity index (χ0v) is 14.2. The molecule has 142 valence electrons. The van der Waals surface area contributed by atoms with Gasteiger partial charge in [-0.3, -0.25) is 20.2 Å². The van der Waals surface area contributed by atoms with Crippen LogP contribution in [0.25, 0.3) is 0 Å². The molecule has 0 heterocycles. The van der Waals surface area contributed by atoms with E-state index in [9.17, 15) is 30.4 Å². The van der Waals surface area contributed by atoms with E-state index in [1.807, 2.05) is 0 Å². The van der Waals surface area contributed by atoms with Crippen molar-refractivity contribution >= 4 is 34.1 Å². The third-order valence-corrected chi connectivity index (χ3v) is 3.85. The largest absolute Gasteiger partial charge is 0.506 e. The van der Waals surface area contributed by atoms with Crippen LogP contribution >= 0.6 is 0 Å². The van der Waals surface area contributed by atoms with Gasteiger partial charge in [-0.25, -0.2) is 0 Å². The number of hydrogen-bond acceptors (Lipinski definition) is 8. The van der Waals surface area contributed by atoms with Crippen molar-refractivity contribution in [3.05, 3.63) is 80.9 Å². The number of hydrogen-bond donors (Lipinski definition) is 4. The van der Waals surface area contributed by atoms with E-state index in [0.29, 0.717) is 0 Å². The van der Waals surface area contributed by atoms with Crippen molar-refractivity contribution in [2.45, 2.75) is 0 Å². The number of anilines is 4. The first-order valence-corrected chi connectivity index (χ1v) is 7.93. The Morgan fingerprint density at radius 1 is 0.643 bits per heavy atom. The van der Waals surface area contributed by atoms with Crippen LogP contribution in [0.1, 0.15) is 0 Å². The van der Waals surface area contributed by atoms with Gasteiger partial charge in [0.25, 0.3) is 11.4 Å². The highest BCUT2D eigenvalue weighted by Gasteiger charge is 2.25. The van der Waals surface area contributed by atoms with Gasteiger partial charge in [0, 0.05) is 0 Å². The number of para-hydroxylation sites is 4. The van der Waals surface area contributed by atoms with Crippen LogP contribution in [-0.2, 0) is 0 Å². The number of nitro benzene ring substituents is 2. The molecule has 0 atom stereocenters. The fourth-order valence-corrected chi connectivity index (χ4v) is 2.53. The first kappa shape index (κ1) is 18.5. The highest BCUT2D eigenvalue weighted by atomic mass is 16.6. The van der Waals surface area contributed by atoms with Gasteiger partial charge in [0.2, 0.25) is 0 Å². The number of phenolic OH excluding ortho intramolecular Hbond substituents is 2. The van der Waals surface area contributed by atoms with Crippen LogP contribution < -0.4 is 10.6 Å². The predicted octanol–water partition coefficient (Wildman–Crippen LogP) is 4.40. The van der Waals surface area contributed by atoms with Crippen LogP contribution in [0, 0.1) is 20.2 Å². The van der Waals surface area contributed by atoms with E-state index in [4.69, 9.17) is 0 Å². The van der Waals surface area contributed by atoms with E-state index in [-0.39, 0.29) is 34.2 Å². The van der Waals surface area contributed by atoms with Crippen LogP contribution in [0.4, 0.5) is 34.1 Å². The van der Waals surface area contributed by atoms with E-state index in [2.05, 4.69) is 10.6 Å². The summed E-state index contributed by atoms with van der Waals surface area (Å²) in [4.78, 5) is 21.3. The molecule has 10 nitrogen and oxygen atoms in total. The van der Waals surface area contributed by atoms with Gasteiger partial charge in [-0.2, -0.15) is 0 Å². The van der Waals surface area contributed by atoms with Crippen molar-refractivity contribution in [3.8, 4) is 11.5 Å². The summed E-state index contributed by atoms with van der Waals surface area (Å²) in [5.74, 6) is -0.296. The third kappa shape index (κ3) is 3.75. The number of nitro groups is 2. The predicted molar refractivity (Wildman–Crippen MR) is 103 cm³/mol. The standard InChI is InChI=1S/C18H14N4O6/c23-17-7-3-1-5-11(17)19-13-9-14(20-12-6-2-4-8-18(12)24)16(22(27)28)10-15(13)21(25)26/h1-10,19-20,23-24H. The summed E-state index contributed by atoms with van der Waals surface area (Å²) in [5.41, 5.74) is -0.860. The van der Waals surface area contributed by atoms with Crippen molar-refractivity contribution in [1.82, 2.24) is 0 Å². The van der Waals surface area contributed by atoms with Crippen LogP contribution in [0.15, 0.2) is 60.7 Å². The average Bonchev–Trinajstić information content (AvgIpc) is 2.65. The third-order valence-electron chi connectivity index (χ3n) is 3.85. The van der Waals surface area contributed by atoms with Gasteiger partial charge in [0.15, 0.2) is 0 Å². The van der Waals surface area contributed by atoms with Crippen molar-refractivity contribution in [2.75, 3.05) is 10.6 Å². The first-order valence-electron chi connectivity index (χ1n) is 7.93. The molecule has 3 rings (SSSR count). The molecule has 0 spiro atoms. The Morgan fingerprint density at radius 3 is 1.39 bits per heavy atom. The van der Waals surface area contributed by atoms with E-state index in [1.165, 1.54) is 30.3 Å². The Labute approximate surface area is 158 Å². The summed E-state index contributed by atoms with van der Waals surface area (Å²) in [5, 5.41) is 48.0. The number of phenols is 2. The molecule has 0 fully saturated rings. The van der Waals surface area contributed by atoms with Crippen molar-refractivity contribution in [1.29, 1.82) is 0 Å². The summed E-state index contributed by atoms with van der Waals surface area (Å²) < 4.78 is 0. The molecule has 0 aromatic heterocycles. The monoisotopic (exact) mass is 382 g/mol. The molecule has 0 aliphatic rings. The Balaban J connectivity index is 2.13. The lowest BCUT2D eigenvalue weighted by molar-refractivity contribution is -0.393. The highest BCUT2D eigenvalue weighted by molar-refractivity contribution is 5.83. The lowest BCUT2D eigenvalue weighted by atomic mass is 10.1. The second-order valence-electron chi connectivity index (χ2n) is 5.69. The van der Waals surface area contributed by atoms with Gasteiger partial charge in [-0.1, -0.05) is 24.3 Å². The molecular weight excluding hydrogens is 368 g/mol. The summed E-state index contributed by atoms with van der Waals surface area (Å²) >= 11 is 0. The lowest BCUT2D eigenvalue weighted by Crippen LogP contribution is -2.03. The van der Waals surface area contributed by atoms with Gasteiger partial charge < -0.3 is 20.8 Å². The number of benzene rings is 3. The molecule has 0 unspecified atom stereocenters. The quantitative estimate of drug-likeness (QED) is 0.278. The van der Waals surface area contributed by atoms with Gasteiger partial charge >= 0.3 is 0 Å². The van der Waals surface area contributed by atoms with E-state index in [0.717, 1.165) is 6.07 Å². The van der Waals surface area contributed by atoms with Crippen molar-refractivity contribution < 1.29 is 20.1 Å². The van der Waals surface area contributed by atoms with E-state index < -0.39 is 21.2 Å².